The van der Waals surface area contributed by atoms with Gasteiger partial charge in [0.05, 0.1) is 22.7 Å². The second-order valence-corrected chi connectivity index (χ2v) is 8.89. The molecule has 0 spiro atoms. The van der Waals surface area contributed by atoms with Crippen molar-refractivity contribution in [2.75, 3.05) is 11.1 Å². The minimum Gasteiger partial charge on any atom is -0.318 e. The van der Waals surface area contributed by atoms with Crippen molar-refractivity contribution < 1.29 is 4.79 Å². The Bertz CT molecular complexity index is 538. The molecule has 1 aliphatic rings. The number of halogens is 4. The van der Waals surface area contributed by atoms with Gasteiger partial charge in [0.2, 0.25) is 0 Å². The molecule has 0 saturated carbocycles. The molecule has 0 aliphatic carbocycles. The van der Waals surface area contributed by atoms with E-state index in [0.29, 0.717) is 16.4 Å². The number of hydrogen-bond donors (Lipinski definition) is 1. The van der Waals surface area contributed by atoms with E-state index in [0.717, 1.165) is 5.33 Å². The smallest absolute Gasteiger partial charge is 0.257 e. The van der Waals surface area contributed by atoms with Crippen LogP contribution in [0.3, 0.4) is 0 Å². The Balaban J connectivity index is 0.00000400. The van der Waals surface area contributed by atoms with Crippen LogP contribution in [0.2, 0.25) is 0 Å². The zero-order valence-electron chi connectivity index (χ0n) is 11.2. The van der Waals surface area contributed by atoms with E-state index in [-0.39, 0.29) is 21.8 Å². The molecule has 0 aromatic carbocycles. The van der Waals surface area contributed by atoms with Crippen molar-refractivity contribution in [3.8, 4) is 12.1 Å². The van der Waals surface area contributed by atoms with Gasteiger partial charge in [-0.15, -0.1) is 11.8 Å². The Morgan fingerprint density at radius 2 is 2.00 bits per heavy atom. The lowest BCUT2D eigenvalue weighted by atomic mass is 9.72. The van der Waals surface area contributed by atoms with Crippen molar-refractivity contribution in [3.63, 3.8) is 0 Å². The molecule has 1 N–H and O–H groups in total. The molecule has 1 amide bonds. The molecule has 0 saturated heterocycles. The third-order valence-electron chi connectivity index (χ3n) is 3.10. The van der Waals surface area contributed by atoms with Gasteiger partial charge in [0.25, 0.3) is 5.91 Å². The van der Waals surface area contributed by atoms with Crippen molar-refractivity contribution >= 4 is 82.4 Å². The zero-order valence-corrected chi connectivity index (χ0v) is 18.4. The second kappa shape index (κ2) is 8.35. The minimum atomic E-state index is -1.43. The van der Waals surface area contributed by atoms with E-state index in [4.69, 9.17) is 0 Å². The van der Waals surface area contributed by atoms with Crippen LogP contribution in [0.4, 0.5) is 0 Å². The molecular formula is C12H12Br4N3OS. The predicted octanol–water partition coefficient (Wildman–Crippen LogP) is 4.27. The zero-order chi connectivity index (χ0) is 15.6. The molecule has 4 nitrogen and oxygen atoms in total. The molecule has 1 radical (unpaired) electrons. The van der Waals surface area contributed by atoms with E-state index in [9.17, 15) is 15.3 Å². The molecule has 1 rings (SSSR count). The first kappa shape index (κ1) is 21.5. The summed E-state index contributed by atoms with van der Waals surface area (Å²) in [5, 5.41) is 22.7. The molecule has 1 aliphatic heterocycles. The predicted molar refractivity (Wildman–Crippen MR) is 99.7 cm³/mol. The molecule has 0 aromatic rings. The van der Waals surface area contributed by atoms with Crippen molar-refractivity contribution in [3.05, 3.63) is 10.6 Å². The minimum absolute atomic E-state index is 0. The van der Waals surface area contributed by atoms with E-state index in [1.807, 2.05) is 6.07 Å². The van der Waals surface area contributed by atoms with Gasteiger partial charge in [0.1, 0.15) is 0 Å². The topological polar surface area (TPSA) is 76.7 Å². The van der Waals surface area contributed by atoms with Gasteiger partial charge in [-0.25, -0.2) is 0 Å². The van der Waals surface area contributed by atoms with Crippen molar-refractivity contribution in [1.82, 2.24) is 5.32 Å². The number of carbonyl (C=O) groups is 1. The SMILES string of the molecule is CC1(C)C(C#N)=C(SCC(Br)CBr)NC(=O)C1(Br)C#N.[Br]. The Morgan fingerprint density at radius 1 is 1.43 bits per heavy atom. The highest BCUT2D eigenvalue weighted by atomic mass is 79.9. The van der Waals surface area contributed by atoms with E-state index in [2.05, 4.69) is 59.2 Å². The van der Waals surface area contributed by atoms with E-state index in [1.165, 1.54) is 11.8 Å². The first-order valence-corrected chi connectivity index (χ1v) is 9.45. The first-order chi connectivity index (χ1) is 9.24. The summed E-state index contributed by atoms with van der Waals surface area (Å²) in [7, 11) is 0. The summed E-state index contributed by atoms with van der Waals surface area (Å²) in [5.74, 6) is 0.265. The third-order valence-corrected chi connectivity index (χ3v) is 8.51. The van der Waals surface area contributed by atoms with Gasteiger partial charge in [-0.1, -0.05) is 61.6 Å². The number of alkyl halides is 3. The standard InChI is InChI=1S/C12H12Br3N3OS.Br/c1-11(2)8(4-16)9(20-5-7(14)3-13)18-10(19)12(11,15)6-17;/h7H,3,5H2,1-2H3,(H,18,19);. The molecule has 1 heterocycles. The highest BCUT2D eigenvalue weighted by molar-refractivity contribution is 9.12. The largest absolute Gasteiger partial charge is 0.318 e. The highest BCUT2D eigenvalue weighted by Crippen LogP contribution is 2.49. The number of hydrogen-bond acceptors (Lipinski definition) is 4. The number of thioether (sulfide) groups is 1. The van der Waals surface area contributed by atoms with Gasteiger partial charge in [-0.2, -0.15) is 10.5 Å². The summed E-state index contributed by atoms with van der Waals surface area (Å²) in [4.78, 5) is 12.4. The molecule has 0 bridgehead atoms. The number of nitrogens with one attached hydrogen (secondary N) is 1. The van der Waals surface area contributed by atoms with Crippen LogP contribution in [0.1, 0.15) is 13.8 Å². The summed E-state index contributed by atoms with van der Waals surface area (Å²) < 4.78 is -1.43. The molecule has 9 heteroatoms. The summed E-state index contributed by atoms with van der Waals surface area (Å²) in [6.45, 7) is 3.44. The Labute approximate surface area is 164 Å². The van der Waals surface area contributed by atoms with Crippen molar-refractivity contribution in [2.24, 2.45) is 5.41 Å². The van der Waals surface area contributed by atoms with Crippen LogP contribution in [-0.4, -0.2) is 26.1 Å². The maximum atomic E-state index is 12.2. The summed E-state index contributed by atoms with van der Waals surface area (Å²) in [6.07, 6.45) is 0. The number of amides is 1. The second-order valence-electron chi connectivity index (χ2n) is 4.73. The summed E-state index contributed by atoms with van der Waals surface area (Å²) in [5.41, 5.74) is -0.494. The molecule has 0 fully saturated rings. The van der Waals surface area contributed by atoms with Gasteiger partial charge in [0.15, 0.2) is 4.32 Å². The monoisotopic (exact) mass is 562 g/mol. The van der Waals surface area contributed by atoms with Crippen LogP contribution < -0.4 is 5.32 Å². The van der Waals surface area contributed by atoms with Crippen LogP contribution in [0.5, 0.6) is 0 Å². The van der Waals surface area contributed by atoms with Gasteiger partial charge >= 0.3 is 0 Å². The number of nitrogens with zero attached hydrogens (tertiary/aromatic N) is 2. The van der Waals surface area contributed by atoms with Crippen LogP contribution in [-0.2, 0) is 4.79 Å². The number of carbonyl (C=O) groups excluding carboxylic acids is 1. The Morgan fingerprint density at radius 3 is 2.43 bits per heavy atom. The van der Waals surface area contributed by atoms with Gasteiger partial charge in [-0.3, -0.25) is 4.79 Å². The van der Waals surface area contributed by atoms with Crippen LogP contribution in [0.15, 0.2) is 10.6 Å². The van der Waals surface area contributed by atoms with Crippen LogP contribution in [0, 0.1) is 28.1 Å². The fourth-order valence-electron chi connectivity index (χ4n) is 1.70. The van der Waals surface area contributed by atoms with E-state index in [1.54, 1.807) is 13.8 Å². The molecule has 2 unspecified atom stereocenters. The summed E-state index contributed by atoms with van der Waals surface area (Å²) in [6, 6.07) is 4.11. The number of nitriles is 2. The molecule has 2 atom stereocenters. The number of allylic oxidation sites excluding steroid dienone is 1. The quantitative estimate of drug-likeness (QED) is 0.517. The maximum Gasteiger partial charge on any atom is 0.257 e. The van der Waals surface area contributed by atoms with Crippen molar-refractivity contribution in [1.29, 1.82) is 10.5 Å². The van der Waals surface area contributed by atoms with E-state index >= 15 is 0 Å². The van der Waals surface area contributed by atoms with E-state index < -0.39 is 15.6 Å². The summed E-state index contributed by atoms with van der Waals surface area (Å²) >= 11 is 11.4. The lowest BCUT2D eigenvalue weighted by molar-refractivity contribution is -0.123. The highest BCUT2D eigenvalue weighted by Gasteiger charge is 2.56. The number of rotatable bonds is 4. The van der Waals surface area contributed by atoms with Gasteiger partial charge < -0.3 is 5.32 Å². The van der Waals surface area contributed by atoms with Crippen LogP contribution in [0.25, 0.3) is 0 Å². The van der Waals surface area contributed by atoms with Crippen molar-refractivity contribution in [2.45, 2.75) is 23.0 Å². The maximum absolute atomic E-state index is 12.2. The lowest BCUT2D eigenvalue weighted by Crippen LogP contribution is -2.55. The third kappa shape index (κ3) is 4.06. The average molecular weight is 566 g/mol. The molecule has 21 heavy (non-hydrogen) atoms. The Hall–Kier alpha value is 0.460. The normalized spacial score (nSPS) is 25.2. The molecular weight excluding hydrogens is 554 g/mol. The fourth-order valence-corrected chi connectivity index (χ4v) is 4.00. The van der Waals surface area contributed by atoms with Crippen LogP contribution >= 0.6 is 76.5 Å². The van der Waals surface area contributed by atoms with Gasteiger partial charge in [0, 0.05) is 38.3 Å². The molecule has 115 valence electrons. The Kier molecular flexibility index (Phi) is 8.53. The average Bonchev–Trinajstić information content (AvgIpc) is 2.41. The van der Waals surface area contributed by atoms with Gasteiger partial charge in [-0.05, 0) is 0 Å². The first-order valence-electron chi connectivity index (χ1n) is 5.64. The lowest BCUT2D eigenvalue weighted by Gasteiger charge is -2.40. The molecule has 0 aromatic heterocycles. The fraction of sp³-hybridized carbons (Fsp3) is 0.583.